The first-order valence-corrected chi connectivity index (χ1v) is 7.35. The van der Waals surface area contributed by atoms with Gasteiger partial charge in [-0.05, 0) is 23.1 Å². The zero-order chi connectivity index (χ0) is 9.52. The molecule has 13 heavy (non-hydrogen) atoms. The second-order valence-corrected chi connectivity index (χ2v) is 5.42. The molecule has 1 N–H and O–H groups in total. The molecule has 0 fully saturated rings. The van der Waals surface area contributed by atoms with Crippen molar-refractivity contribution < 1.29 is 0 Å². The molecule has 0 aromatic heterocycles. The van der Waals surface area contributed by atoms with Crippen LogP contribution in [0.2, 0.25) is 0 Å². The lowest BCUT2D eigenvalue weighted by Crippen LogP contribution is -2.06. The monoisotopic (exact) mass is 217 g/mol. The van der Waals surface area contributed by atoms with Crippen LogP contribution in [0.1, 0.15) is 46.0 Å². The summed E-state index contributed by atoms with van der Waals surface area (Å²) in [6.07, 6.45) is 6.66. The first-order chi connectivity index (χ1) is 6.36. The molecule has 0 radical (unpaired) electrons. The highest BCUT2D eigenvalue weighted by Crippen LogP contribution is 2.32. The fraction of sp³-hybridized carbons (Fsp3) is 0.800. The van der Waals surface area contributed by atoms with Crippen molar-refractivity contribution in [3.8, 4) is 0 Å². The van der Waals surface area contributed by atoms with Crippen LogP contribution in [0.15, 0.2) is 11.1 Å². The van der Waals surface area contributed by atoms with Crippen molar-refractivity contribution in [2.75, 3.05) is 0 Å². The number of hydrogen-bond donors (Lipinski definition) is 1. The van der Waals surface area contributed by atoms with Crippen molar-refractivity contribution in [2.45, 2.75) is 46.0 Å². The fourth-order valence-corrected chi connectivity index (χ4v) is 3.18. The van der Waals surface area contributed by atoms with Gasteiger partial charge in [-0.15, -0.1) is 0 Å². The van der Waals surface area contributed by atoms with E-state index in [0.717, 1.165) is 5.92 Å². The molecule has 1 rings (SSSR count). The Balaban J connectivity index is 2.21. The quantitative estimate of drug-likeness (QED) is 0.525. The third kappa shape index (κ3) is 4.32. The van der Waals surface area contributed by atoms with Crippen LogP contribution in [0.5, 0.6) is 0 Å². The largest absolute Gasteiger partial charge is 0.324 e. The molecule has 76 valence electrons. The van der Waals surface area contributed by atoms with Crippen molar-refractivity contribution in [3.63, 3.8) is 0 Å². The van der Waals surface area contributed by atoms with Crippen molar-refractivity contribution in [2.24, 2.45) is 5.92 Å². The number of rotatable bonds is 6. The molecule has 0 saturated heterocycles. The molecule has 3 heteroatoms. The van der Waals surface area contributed by atoms with Crippen molar-refractivity contribution in [3.05, 3.63) is 11.1 Å². The van der Waals surface area contributed by atoms with Crippen LogP contribution >= 0.6 is 21.8 Å². The lowest BCUT2D eigenvalue weighted by molar-refractivity contribution is 0.445. The van der Waals surface area contributed by atoms with Crippen LogP contribution in [-0.2, 0) is 0 Å². The number of unbranched alkanes of at least 4 members (excludes halogenated alkanes) is 1. The Morgan fingerprint density at radius 3 is 2.85 bits per heavy atom. The van der Waals surface area contributed by atoms with E-state index in [1.54, 1.807) is 21.8 Å². The molecule has 1 aliphatic rings. The molecular weight excluding hydrogens is 198 g/mol. The van der Waals surface area contributed by atoms with Gasteiger partial charge in [-0.1, -0.05) is 39.5 Å². The van der Waals surface area contributed by atoms with Gasteiger partial charge in [0, 0.05) is 22.1 Å². The Morgan fingerprint density at radius 1 is 1.46 bits per heavy atom. The maximum absolute atomic E-state index is 3.34. The Hall–Kier alpha value is 0.240. The van der Waals surface area contributed by atoms with Gasteiger partial charge in [-0.2, -0.15) is 0 Å². The molecule has 1 atom stereocenters. The molecular formula is C10H19NS2. The molecule has 0 saturated carbocycles. The van der Waals surface area contributed by atoms with Crippen LogP contribution in [0.25, 0.3) is 0 Å². The van der Waals surface area contributed by atoms with E-state index < -0.39 is 0 Å². The van der Waals surface area contributed by atoms with Crippen LogP contribution in [-0.4, -0.2) is 0 Å². The Morgan fingerprint density at radius 2 is 2.31 bits per heavy atom. The Bertz CT molecular complexity index is 168. The van der Waals surface area contributed by atoms with E-state index in [-0.39, 0.29) is 0 Å². The number of hydrogen-bond acceptors (Lipinski definition) is 3. The van der Waals surface area contributed by atoms with E-state index in [2.05, 4.69) is 24.0 Å². The molecule has 0 aromatic rings. The summed E-state index contributed by atoms with van der Waals surface area (Å²) >= 11 is 0. The van der Waals surface area contributed by atoms with Crippen LogP contribution in [0.4, 0.5) is 0 Å². The van der Waals surface area contributed by atoms with E-state index in [4.69, 9.17) is 0 Å². The molecule has 1 aliphatic heterocycles. The second kappa shape index (κ2) is 6.66. The normalized spacial score (nSPS) is 18.2. The summed E-state index contributed by atoms with van der Waals surface area (Å²) < 4.78 is 3.34. The average Bonchev–Trinajstić information content (AvgIpc) is 2.64. The van der Waals surface area contributed by atoms with Crippen LogP contribution in [0.3, 0.4) is 0 Å². The summed E-state index contributed by atoms with van der Waals surface area (Å²) in [7, 11) is 3.53. The predicted molar refractivity (Wildman–Crippen MR) is 64.3 cm³/mol. The Labute approximate surface area is 89.7 Å². The van der Waals surface area contributed by atoms with Crippen molar-refractivity contribution >= 4 is 21.8 Å². The molecule has 0 amide bonds. The summed E-state index contributed by atoms with van der Waals surface area (Å²) in [5.41, 5.74) is 1.43. The van der Waals surface area contributed by atoms with Gasteiger partial charge in [0.15, 0.2) is 0 Å². The minimum Gasteiger partial charge on any atom is -0.324 e. The maximum Gasteiger partial charge on any atom is 0.0293 e. The third-order valence-electron chi connectivity index (χ3n) is 2.46. The zero-order valence-corrected chi connectivity index (χ0v) is 10.1. The lowest BCUT2D eigenvalue weighted by atomic mass is 9.95. The lowest BCUT2D eigenvalue weighted by Gasteiger charge is -2.14. The molecule has 0 spiro atoms. The standard InChI is InChI=1S/C10H19NS2/c1-3-5-6-9(4-2)7-10-8-12-13-11-10/h8-9,11H,3-7H2,1-2H3. The smallest absolute Gasteiger partial charge is 0.0293 e. The summed E-state index contributed by atoms with van der Waals surface area (Å²) in [6, 6.07) is 0. The Kier molecular flexibility index (Phi) is 5.80. The van der Waals surface area contributed by atoms with Gasteiger partial charge in [-0.25, -0.2) is 0 Å². The van der Waals surface area contributed by atoms with Gasteiger partial charge in [0.2, 0.25) is 0 Å². The highest BCUT2D eigenvalue weighted by Gasteiger charge is 2.11. The van der Waals surface area contributed by atoms with Gasteiger partial charge in [0.25, 0.3) is 0 Å². The zero-order valence-electron chi connectivity index (χ0n) is 8.51. The average molecular weight is 217 g/mol. The van der Waals surface area contributed by atoms with E-state index in [1.807, 2.05) is 0 Å². The first kappa shape index (κ1) is 11.3. The van der Waals surface area contributed by atoms with Crippen molar-refractivity contribution in [1.82, 2.24) is 4.72 Å². The number of nitrogens with one attached hydrogen (secondary N) is 1. The van der Waals surface area contributed by atoms with E-state index in [1.165, 1.54) is 37.8 Å². The molecule has 1 nitrogen and oxygen atoms in total. The second-order valence-electron chi connectivity index (χ2n) is 3.55. The van der Waals surface area contributed by atoms with Gasteiger partial charge in [0.1, 0.15) is 0 Å². The summed E-state index contributed by atoms with van der Waals surface area (Å²) in [5, 5.41) is 2.25. The number of allylic oxidation sites excluding steroid dienone is 1. The van der Waals surface area contributed by atoms with Crippen molar-refractivity contribution in [1.29, 1.82) is 0 Å². The summed E-state index contributed by atoms with van der Waals surface area (Å²) in [4.78, 5) is 0. The first-order valence-electron chi connectivity index (χ1n) is 5.14. The molecule has 0 bridgehead atoms. The molecule has 1 heterocycles. The van der Waals surface area contributed by atoms with Crippen LogP contribution < -0.4 is 4.72 Å². The minimum atomic E-state index is 0.887. The molecule has 0 aliphatic carbocycles. The van der Waals surface area contributed by atoms with Gasteiger partial charge >= 0.3 is 0 Å². The van der Waals surface area contributed by atoms with Gasteiger partial charge in [-0.3, -0.25) is 0 Å². The highest BCUT2D eigenvalue weighted by molar-refractivity contribution is 8.77. The SMILES string of the molecule is CCCCC(CC)CC1=CSSN1. The molecule has 1 unspecified atom stereocenters. The van der Waals surface area contributed by atoms with Gasteiger partial charge < -0.3 is 4.72 Å². The van der Waals surface area contributed by atoms with E-state index in [0.29, 0.717) is 0 Å². The van der Waals surface area contributed by atoms with Gasteiger partial charge in [0.05, 0.1) is 0 Å². The topological polar surface area (TPSA) is 12.0 Å². The third-order valence-corrected chi connectivity index (χ3v) is 4.11. The minimum absolute atomic E-state index is 0.887. The maximum atomic E-state index is 3.34. The van der Waals surface area contributed by atoms with E-state index in [9.17, 15) is 0 Å². The predicted octanol–water partition coefficient (Wildman–Crippen LogP) is 4.33. The highest BCUT2D eigenvalue weighted by atomic mass is 33.1. The van der Waals surface area contributed by atoms with E-state index >= 15 is 0 Å². The van der Waals surface area contributed by atoms with Crippen LogP contribution in [0, 0.1) is 5.92 Å². The summed E-state index contributed by atoms with van der Waals surface area (Å²) in [6.45, 7) is 4.57. The summed E-state index contributed by atoms with van der Waals surface area (Å²) in [5.74, 6) is 0.887. The molecule has 0 aromatic carbocycles. The fourth-order valence-electron chi connectivity index (χ4n) is 1.53.